The Morgan fingerprint density at radius 3 is 2.57 bits per heavy atom. The van der Waals surface area contributed by atoms with Gasteiger partial charge in [0.25, 0.3) is 0 Å². The van der Waals surface area contributed by atoms with Gasteiger partial charge in [-0.05, 0) is 58.2 Å². The van der Waals surface area contributed by atoms with Crippen LogP contribution in [0.25, 0.3) is 0 Å². The minimum absolute atomic E-state index is 0.779. The van der Waals surface area contributed by atoms with Gasteiger partial charge in [-0.1, -0.05) is 6.42 Å². The van der Waals surface area contributed by atoms with E-state index in [4.69, 9.17) is 0 Å². The highest BCUT2D eigenvalue weighted by Gasteiger charge is 2.22. The Morgan fingerprint density at radius 2 is 1.93 bits per heavy atom. The lowest BCUT2D eigenvalue weighted by atomic mass is 9.85. The molecule has 0 radical (unpaired) electrons. The van der Waals surface area contributed by atoms with Gasteiger partial charge in [-0.25, -0.2) is 0 Å². The molecule has 2 rings (SSSR count). The van der Waals surface area contributed by atoms with E-state index in [0.29, 0.717) is 0 Å². The second-order valence-electron chi connectivity index (χ2n) is 5.01. The summed E-state index contributed by atoms with van der Waals surface area (Å²) in [4.78, 5) is 2.70. The molecule has 2 fully saturated rings. The first kappa shape index (κ1) is 10.4. The van der Waals surface area contributed by atoms with Crippen molar-refractivity contribution in [2.24, 2.45) is 5.92 Å². The summed E-state index contributed by atoms with van der Waals surface area (Å²) in [5.41, 5.74) is 0. The topological polar surface area (TPSA) is 15.3 Å². The van der Waals surface area contributed by atoms with Crippen LogP contribution in [0.4, 0.5) is 0 Å². The Hall–Kier alpha value is -0.0800. The molecule has 1 unspecified atom stereocenters. The maximum absolute atomic E-state index is 3.42. The van der Waals surface area contributed by atoms with Crippen LogP contribution in [0.5, 0.6) is 0 Å². The Kier molecular flexibility index (Phi) is 3.82. The second kappa shape index (κ2) is 5.13. The summed E-state index contributed by atoms with van der Waals surface area (Å²) in [6.07, 6.45) is 8.58. The fourth-order valence-corrected chi connectivity index (χ4v) is 2.67. The van der Waals surface area contributed by atoms with E-state index in [9.17, 15) is 0 Å². The molecule has 1 atom stereocenters. The zero-order valence-corrected chi connectivity index (χ0v) is 9.47. The van der Waals surface area contributed by atoms with Gasteiger partial charge >= 0.3 is 0 Å². The van der Waals surface area contributed by atoms with Crippen molar-refractivity contribution in [2.75, 3.05) is 26.7 Å². The van der Waals surface area contributed by atoms with E-state index >= 15 is 0 Å². The summed E-state index contributed by atoms with van der Waals surface area (Å²) in [5.74, 6) is 1.04. The lowest BCUT2D eigenvalue weighted by Crippen LogP contribution is -2.34. The van der Waals surface area contributed by atoms with Crippen LogP contribution in [-0.2, 0) is 0 Å². The molecule has 1 N–H and O–H groups in total. The molecule has 1 aliphatic carbocycles. The van der Waals surface area contributed by atoms with Crippen LogP contribution in [-0.4, -0.2) is 37.6 Å². The summed E-state index contributed by atoms with van der Waals surface area (Å²) in [5, 5.41) is 3.42. The van der Waals surface area contributed by atoms with Crippen molar-refractivity contribution in [1.82, 2.24) is 10.2 Å². The fraction of sp³-hybridized carbons (Fsp3) is 1.00. The van der Waals surface area contributed by atoms with Crippen molar-refractivity contribution >= 4 is 0 Å². The molecule has 0 aromatic carbocycles. The maximum atomic E-state index is 3.42. The van der Waals surface area contributed by atoms with Gasteiger partial charge in [0.15, 0.2) is 0 Å². The number of nitrogens with one attached hydrogen (secondary N) is 1. The molecule has 2 nitrogen and oxygen atoms in total. The van der Waals surface area contributed by atoms with Gasteiger partial charge in [0.2, 0.25) is 0 Å². The Morgan fingerprint density at radius 1 is 1.07 bits per heavy atom. The molecule has 1 aliphatic heterocycles. The van der Waals surface area contributed by atoms with Gasteiger partial charge in [0, 0.05) is 12.6 Å². The zero-order valence-electron chi connectivity index (χ0n) is 9.47. The molecule has 1 saturated carbocycles. The molecule has 1 saturated heterocycles. The lowest BCUT2D eigenvalue weighted by molar-refractivity contribution is 0.181. The summed E-state index contributed by atoms with van der Waals surface area (Å²) in [6, 6.07) is 0.779. The quantitative estimate of drug-likeness (QED) is 0.741. The van der Waals surface area contributed by atoms with E-state index in [0.717, 1.165) is 12.0 Å². The first-order valence-electron chi connectivity index (χ1n) is 6.28. The smallest absolute Gasteiger partial charge is 0.00767 e. The average molecular weight is 196 g/mol. The fourth-order valence-electron chi connectivity index (χ4n) is 2.67. The summed E-state index contributed by atoms with van der Waals surface area (Å²) in [7, 11) is 2.10. The van der Waals surface area contributed by atoms with Crippen LogP contribution in [0.1, 0.15) is 38.5 Å². The molecule has 14 heavy (non-hydrogen) atoms. The van der Waals surface area contributed by atoms with Gasteiger partial charge in [0.1, 0.15) is 0 Å². The summed E-state index contributed by atoms with van der Waals surface area (Å²) >= 11 is 0. The predicted octanol–water partition coefficient (Wildman–Crippen LogP) is 1.86. The van der Waals surface area contributed by atoms with Crippen molar-refractivity contribution < 1.29 is 0 Å². The van der Waals surface area contributed by atoms with E-state index in [1.54, 1.807) is 0 Å². The van der Waals surface area contributed by atoms with Crippen LogP contribution in [0.3, 0.4) is 0 Å². The molecule has 82 valence electrons. The van der Waals surface area contributed by atoms with Crippen LogP contribution in [0.2, 0.25) is 0 Å². The second-order valence-corrected chi connectivity index (χ2v) is 5.01. The van der Waals surface area contributed by atoms with E-state index in [-0.39, 0.29) is 0 Å². The molecule has 0 amide bonds. The highest BCUT2D eigenvalue weighted by Crippen LogP contribution is 2.27. The number of likely N-dealkylation sites (tertiary alicyclic amines) is 1. The first-order valence-corrected chi connectivity index (χ1v) is 6.28. The van der Waals surface area contributed by atoms with Crippen molar-refractivity contribution in [1.29, 1.82) is 0 Å². The van der Waals surface area contributed by atoms with Crippen molar-refractivity contribution in [3.05, 3.63) is 0 Å². The Bertz CT molecular complexity index is 166. The van der Waals surface area contributed by atoms with Gasteiger partial charge in [-0.15, -0.1) is 0 Å². The minimum Gasteiger partial charge on any atom is -0.317 e. The van der Waals surface area contributed by atoms with E-state index < -0.39 is 0 Å². The Labute approximate surface area is 88.1 Å². The SMILES string of the molecule is CNC1CCCN(CC2CCC2)CC1. The minimum atomic E-state index is 0.779. The number of rotatable bonds is 3. The molecule has 0 aromatic rings. The summed E-state index contributed by atoms with van der Waals surface area (Å²) < 4.78 is 0. The molecule has 0 spiro atoms. The highest BCUT2D eigenvalue weighted by molar-refractivity contribution is 4.78. The van der Waals surface area contributed by atoms with Crippen LogP contribution in [0.15, 0.2) is 0 Å². The average Bonchev–Trinajstić information content (AvgIpc) is 2.36. The molecule has 2 aliphatic rings. The zero-order chi connectivity index (χ0) is 9.80. The van der Waals surface area contributed by atoms with Crippen LogP contribution < -0.4 is 5.32 Å². The van der Waals surface area contributed by atoms with E-state index in [2.05, 4.69) is 17.3 Å². The van der Waals surface area contributed by atoms with Gasteiger partial charge < -0.3 is 10.2 Å². The third kappa shape index (κ3) is 2.71. The van der Waals surface area contributed by atoms with Gasteiger partial charge in [-0.3, -0.25) is 0 Å². The van der Waals surface area contributed by atoms with Crippen molar-refractivity contribution in [2.45, 2.75) is 44.6 Å². The predicted molar refractivity (Wildman–Crippen MR) is 60.5 cm³/mol. The van der Waals surface area contributed by atoms with Crippen molar-refractivity contribution in [3.8, 4) is 0 Å². The van der Waals surface area contributed by atoms with Gasteiger partial charge in [0.05, 0.1) is 0 Å². The van der Waals surface area contributed by atoms with Crippen LogP contribution >= 0.6 is 0 Å². The molecular formula is C12H24N2. The third-order valence-electron chi connectivity index (χ3n) is 3.97. The van der Waals surface area contributed by atoms with Crippen molar-refractivity contribution in [3.63, 3.8) is 0 Å². The number of hydrogen-bond acceptors (Lipinski definition) is 2. The van der Waals surface area contributed by atoms with Crippen LogP contribution in [0, 0.1) is 5.92 Å². The van der Waals surface area contributed by atoms with Gasteiger partial charge in [-0.2, -0.15) is 0 Å². The molecule has 0 bridgehead atoms. The first-order chi connectivity index (χ1) is 6.88. The molecule has 0 aromatic heterocycles. The molecule has 1 heterocycles. The lowest BCUT2D eigenvalue weighted by Gasteiger charge is -2.31. The molecular weight excluding hydrogens is 172 g/mol. The number of hydrogen-bond donors (Lipinski definition) is 1. The Balaban J connectivity index is 1.71. The molecule has 2 heteroatoms. The third-order valence-corrected chi connectivity index (χ3v) is 3.97. The maximum Gasteiger partial charge on any atom is 0.00767 e. The summed E-state index contributed by atoms with van der Waals surface area (Å²) in [6.45, 7) is 4.05. The normalized spacial score (nSPS) is 31.1. The van der Waals surface area contributed by atoms with E-state index in [1.807, 2.05) is 0 Å². The number of nitrogens with zero attached hydrogens (tertiary/aromatic N) is 1. The monoisotopic (exact) mass is 196 g/mol. The largest absolute Gasteiger partial charge is 0.317 e. The van der Waals surface area contributed by atoms with E-state index in [1.165, 1.54) is 58.2 Å². The highest BCUT2D eigenvalue weighted by atomic mass is 15.1. The standard InChI is InChI=1S/C12H24N2/c1-13-12-6-3-8-14(9-7-12)10-11-4-2-5-11/h11-13H,2-10H2,1H3.